The first kappa shape index (κ1) is 14.6. The Kier molecular flexibility index (Phi) is 4.38. The van der Waals surface area contributed by atoms with Crippen molar-refractivity contribution in [2.75, 3.05) is 11.9 Å². The minimum absolute atomic E-state index is 0.0198. The van der Waals surface area contributed by atoms with E-state index in [1.54, 1.807) is 11.9 Å². The molecule has 6 heteroatoms. The van der Waals surface area contributed by atoms with Crippen molar-refractivity contribution in [3.05, 3.63) is 23.9 Å². The molecule has 1 aliphatic rings. The van der Waals surface area contributed by atoms with Gasteiger partial charge >= 0.3 is 6.18 Å². The second kappa shape index (κ2) is 5.69. The van der Waals surface area contributed by atoms with Crippen LogP contribution in [0.2, 0.25) is 0 Å². The standard InChI is InChI=1S/C13H16BrF3N2/c1-19(11-7-3-2-6-10(11)14)12-9(13(15,16)17)5-4-8-18-12/h4-5,8,10-11H,2-3,6-7H2,1H3. The van der Waals surface area contributed by atoms with Gasteiger partial charge in [0.15, 0.2) is 0 Å². The molecule has 1 fully saturated rings. The number of aromatic nitrogens is 1. The molecule has 1 aliphatic carbocycles. The van der Waals surface area contributed by atoms with Crippen molar-refractivity contribution < 1.29 is 13.2 Å². The molecule has 2 atom stereocenters. The summed E-state index contributed by atoms with van der Waals surface area (Å²) in [4.78, 5) is 5.82. The number of nitrogens with zero attached hydrogens (tertiary/aromatic N) is 2. The van der Waals surface area contributed by atoms with E-state index in [-0.39, 0.29) is 16.7 Å². The lowest BCUT2D eigenvalue weighted by Crippen LogP contribution is -2.42. The van der Waals surface area contributed by atoms with Gasteiger partial charge in [-0.1, -0.05) is 28.8 Å². The summed E-state index contributed by atoms with van der Waals surface area (Å²) in [5.41, 5.74) is -0.664. The van der Waals surface area contributed by atoms with Crippen LogP contribution in [0.3, 0.4) is 0 Å². The highest BCUT2D eigenvalue weighted by atomic mass is 79.9. The molecular weight excluding hydrogens is 321 g/mol. The van der Waals surface area contributed by atoms with Crippen LogP contribution in [0.1, 0.15) is 31.2 Å². The van der Waals surface area contributed by atoms with Gasteiger partial charge in [-0.15, -0.1) is 0 Å². The number of halogens is 4. The van der Waals surface area contributed by atoms with E-state index in [2.05, 4.69) is 20.9 Å². The molecule has 0 radical (unpaired) electrons. The highest BCUT2D eigenvalue weighted by molar-refractivity contribution is 9.09. The summed E-state index contributed by atoms with van der Waals surface area (Å²) in [5.74, 6) is 0.0198. The molecule has 2 unspecified atom stereocenters. The Morgan fingerprint density at radius 2 is 2.00 bits per heavy atom. The SMILES string of the molecule is CN(c1ncccc1C(F)(F)F)C1CCCCC1Br. The van der Waals surface area contributed by atoms with Crippen molar-refractivity contribution >= 4 is 21.7 Å². The molecule has 1 aromatic heterocycles. The molecule has 0 N–H and O–H groups in total. The van der Waals surface area contributed by atoms with Gasteiger partial charge in [0.1, 0.15) is 5.82 Å². The Hall–Kier alpha value is -0.780. The largest absolute Gasteiger partial charge is 0.419 e. The molecule has 0 bridgehead atoms. The van der Waals surface area contributed by atoms with Gasteiger partial charge in [0, 0.05) is 24.1 Å². The van der Waals surface area contributed by atoms with Gasteiger partial charge in [-0.3, -0.25) is 0 Å². The Labute approximate surface area is 119 Å². The van der Waals surface area contributed by atoms with Gasteiger partial charge in [-0.25, -0.2) is 4.98 Å². The van der Waals surface area contributed by atoms with E-state index in [4.69, 9.17) is 0 Å². The van der Waals surface area contributed by atoms with Gasteiger partial charge < -0.3 is 4.90 Å². The normalized spacial score (nSPS) is 24.3. The minimum atomic E-state index is -4.37. The first-order valence-corrected chi connectivity index (χ1v) is 7.22. The predicted molar refractivity (Wildman–Crippen MR) is 72.6 cm³/mol. The maximum absolute atomic E-state index is 13.0. The van der Waals surface area contributed by atoms with Crippen LogP contribution in [0.25, 0.3) is 0 Å². The fraction of sp³-hybridized carbons (Fsp3) is 0.615. The van der Waals surface area contributed by atoms with Crippen LogP contribution in [0, 0.1) is 0 Å². The molecule has 0 saturated heterocycles. The topological polar surface area (TPSA) is 16.1 Å². The van der Waals surface area contributed by atoms with E-state index in [1.807, 2.05) is 0 Å². The number of alkyl halides is 4. The molecule has 0 aliphatic heterocycles. The lowest BCUT2D eigenvalue weighted by molar-refractivity contribution is -0.137. The average molecular weight is 337 g/mol. The summed E-state index contributed by atoms with van der Waals surface area (Å²) < 4.78 is 39.0. The summed E-state index contributed by atoms with van der Waals surface area (Å²) in [6.07, 6.45) is 1.09. The number of hydrogen-bond acceptors (Lipinski definition) is 2. The molecule has 0 amide bonds. The summed E-state index contributed by atoms with van der Waals surface area (Å²) >= 11 is 3.58. The Bertz CT molecular complexity index is 436. The van der Waals surface area contributed by atoms with E-state index in [0.29, 0.717) is 0 Å². The van der Waals surface area contributed by atoms with E-state index in [0.717, 1.165) is 31.7 Å². The van der Waals surface area contributed by atoms with Crippen molar-refractivity contribution in [2.45, 2.75) is 42.7 Å². The molecule has 106 valence electrons. The highest BCUT2D eigenvalue weighted by Crippen LogP contribution is 2.37. The van der Waals surface area contributed by atoms with Gasteiger partial charge in [-0.2, -0.15) is 13.2 Å². The van der Waals surface area contributed by atoms with Crippen LogP contribution < -0.4 is 4.90 Å². The van der Waals surface area contributed by atoms with Gasteiger partial charge in [0.2, 0.25) is 0 Å². The van der Waals surface area contributed by atoms with E-state index < -0.39 is 11.7 Å². The molecule has 0 aromatic carbocycles. The Balaban J connectivity index is 2.30. The van der Waals surface area contributed by atoms with Crippen LogP contribution in [-0.2, 0) is 6.18 Å². The second-order valence-corrected chi connectivity index (χ2v) is 6.03. The van der Waals surface area contributed by atoms with Crippen LogP contribution in [0.4, 0.5) is 19.0 Å². The summed E-state index contributed by atoms with van der Waals surface area (Å²) in [6.45, 7) is 0. The Morgan fingerprint density at radius 1 is 1.32 bits per heavy atom. The first-order chi connectivity index (χ1) is 8.91. The molecular formula is C13H16BrF3N2. The quantitative estimate of drug-likeness (QED) is 0.751. The van der Waals surface area contributed by atoms with Gasteiger partial charge in [-0.05, 0) is 25.0 Å². The van der Waals surface area contributed by atoms with Crippen molar-refractivity contribution in [3.8, 4) is 0 Å². The third-order valence-corrected chi connectivity index (χ3v) is 4.64. The van der Waals surface area contributed by atoms with Crippen LogP contribution in [0.15, 0.2) is 18.3 Å². The Morgan fingerprint density at radius 3 is 2.63 bits per heavy atom. The lowest BCUT2D eigenvalue weighted by atomic mass is 9.94. The smallest absolute Gasteiger partial charge is 0.355 e. The maximum atomic E-state index is 13.0. The lowest BCUT2D eigenvalue weighted by Gasteiger charge is -2.36. The van der Waals surface area contributed by atoms with Crippen LogP contribution in [-0.4, -0.2) is 22.9 Å². The summed E-state index contributed by atoms with van der Waals surface area (Å²) in [7, 11) is 1.70. The summed E-state index contributed by atoms with van der Waals surface area (Å²) in [6, 6.07) is 2.47. The molecule has 19 heavy (non-hydrogen) atoms. The third kappa shape index (κ3) is 3.22. The average Bonchev–Trinajstić information content (AvgIpc) is 2.37. The molecule has 2 rings (SSSR count). The molecule has 1 heterocycles. The van der Waals surface area contributed by atoms with E-state index in [9.17, 15) is 13.2 Å². The van der Waals surface area contributed by atoms with Crippen molar-refractivity contribution in [1.82, 2.24) is 4.98 Å². The maximum Gasteiger partial charge on any atom is 0.419 e. The monoisotopic (exact) mass is 336 g/mol. The molecule has 0 spiro atoms. The van der Waals surface area contributed by atoms with Crippen molar-refractivity contribution in [3.63, 3.8) is 0 Å². The molecule has 2 nitrogen and oxygen atoms in total. The zero-order chi connectivity index (χ0) is 14.0. The third-order valence-electron chi connectivity index (χ3n) is 3.57. The highest BCUT2D eigenvalue weighted by Gasteiger charge is 2.37. The van der Waals surface area contributed by atoms with Crippen LogP contribution in [0.5, 0.6) is 0 Å². The van der Waals surface area contributed by atoms with E-state index >= 15 is 0 Å². The number of anilines is 1. The predicted octanol–water partition coefficient (Wildman–Crippen LogP) is 4.24. The molecule has 1 saturated carbocycles. The molecule has 1 aromatic rings. The van der Waals surface area contributed by atoms with Crippen molar-refractivity contribution in [2.24, 2.45) is 0 Å². The zero-order valence-electron chi connectivity index (χ0n) is 10.6. The summed E-state index contributed by atoms with van der Waals surface area (Å²) in [5, 5.41) is 0. The van der Waals surface area contributed by atoms with Gasteiger partial charge in [0.05, 0.1) is 5.56 Å². The number of hydrogen-bond donors (Lipinski definition) is 0. The van der Waals surface area contributed by atoms with E-state index in [1.165, 1.54) is 12.3 Å². The van der Waals surface area contributed by atoms with Crippen LogP contribution >= 0.6 is 15.9 Å². The van der Waals surface area contributed by atoms with Gasteiger partial charge in [0.25, 0.3) is 0 Å². The fourth-order valence-electron chi connectivity index (χ4n) is 2.56. The zero-order valence-corrected chi connectivity index (χ0v) is 12.2. The minimum Gasteiger partial charge on any atom is -0.355 e. The number of pyridine rings is 1. The van der Waals surface area contributed by atoms with Crippen molar-refractivity contribution in [1.29, 1.82) is 0 Å². The number of rotatable bonds is 2. The first-order valence-electron chi connectivity index (χ1n) is 6.30. The second-order valence-electron chi connectivity index (χ2n) is 4.85. The fourth-order valence-corrected chi connectivity index (χ4v) is 3.50.